The van der Waals surface area contributed by atoms with Crippen LogP contribution in [0.25, 0.3) is 0 Å². The molecule has 7 nitrogen and oxygen atoms in total. The van der Waals surface area contributed by atoms with E-state index in [1.807, 2.05) is 0 Å². The van der Waals surface area contributed by atoms with Gasteiger partial charge in [-0.25, -0.2) is 4.39 Å². The second-order valence-electron chi connectivity index (χ2n) is 4.31. The first kappa shape index (κ1) is 16.4. The zero-order chi connectivity index (χ0) is 16.8. The van der Waals surface area contributed by atoms with Crippen molar-refractivity contribution >= 4 is 29.6 Å². The monoisotopic (exact) mass is 333 g/mol. The van der Waals surface area contributed by atoms with Crippen molar-refractivity contribution in [1.82, 2.24) is 0 Å². The van der Waals surface area contributed by atoms with Gasteiger partial charge in [-0.2, -0.15) is 5.10 Å². The SMILES string of the molecule is NC(N)=NN=Cc1ccc(Sc2ccc(F)cc2)c([N+](=O)[O-])c1. The highest BCUT2D eigenvalue weighted by Gasteiger charge is 2.15. The Kier molecular flexibility index (Phi) is 5.26. The molecule has 0 aliphatic rings. The van der Waals surface area contributed by atoms with Gasteiger partial charge in [0.25, 0.3) is 5.69 Å². The third-order valence-corrected chi connectivity index (χ3v) is 3.67. The molecule has 118 valence electrons. The van der Waals surface area contributed by atoms with E-state index in [2.05, 4.69) is 10.2 Å². The lowest BCUT2D eigenvalue weighted by Gasteiger charge is -2.04. The van der Waals surface area contributed by atoms with E-state index in [0.717, 1.165) is 0 Å². The van der Waals surface area contributed by atoms with Crippen LogP contribution in [0.3, 0.4) is 0 Å². The smallest absolute Gasteiger partial charge is 0.283 e. The molecule has 0 saturated carbocycles. The Balaban J connectivity index is 2.29. The van der Waals surface area contributed by atoms with E-state index in [9.17, 15) is 14.5 Å². The third-order valence-electron chi connectivity index (χ3n) is 2.60. The Morgan fingerprint density at radius 3 is 2.52 bits per heavy atom. The molecular weight excluding hydrogens is 321 g/mol. The lowest BCUT2D eigenvalue weighted by molar-refractivity contribution is -0.387. The largest absolute Gasteiger partial charge is 0.369 e. The first-order valence-electron chi connectivity index (χ1n) is 6.29. The zero-order valence-electron chi connectivity index (χ0n) is 11.7. The lowest BCUT2D eigenvalue weighted by atomic mass is 10.2. The van der Waals surface area contributed by atoms with Crippen molar-refractivity contribution < 1.29 is 9.31 Å². The molecule has 0 amide bonds. The molecule has 0 heterocycles. The van der Waals surface area contributed by atoms with Crippen LogP contribution in [-0.2, 0) is 0 Å². The number of nitrogens with two attached hydrogens (primary N) is 2. The van der Waals surface area contributed by atoms with Crippen molar-refractivity contribution in [3.05, 3.63) is 64.0 Å². The van der Waals surface area contributed by atoms with Gasteiger partial charge in [-0.05, 0) is 30.3 Å². The second kappa shape index (κ2) is 7.36. The molecular formula is C14H12FN5O2S. The maximum absolute atomic E-state index is 12.9. The van der Waals surface area contributed by atoms with Crippen LogP contribution in [0.4, 0.5) is 10.1 Å². The molecule has 9 heteroatoms. The van der Waals surface area contributed by atoms with Crippen LogP contribution in [-0.4, -0.2) is 17.1 Å². The molecule has 0 aromatic heterocycles. The number of nitrogens with zero attached hydrogens (tertiary/aromatic N) is 3. The van der Waals surface area contributed by atoms with Gasteiger partial charge >= 0.3 is 0 Å². The van der Waals surface area contributed by atoms with E-state index in [1.165, 1.54) is 36.2 Å². The minimum atomic E-state index is -0.496. The number of rotatable bonds is 5. The Morgan fingerprint density at radius 1 is 1.22 bits per heavy atom. The van der Waals surface area contributed by atoms with Gasteiger partial charge in [0, 0.05) is 16.5 Å². The quantitative estimate of drug-likeness (QED) is 0.377. The van der Waals surface area contributed by atoms with Crippen LogP contribution in [0.5, 0.6) is 0 Å². The Hall–Kier alpha value is -2.94. The molecule has 0 aliphatic heterocycles. The molecule has 0 bridgehead atoms. The van der Waals surface area contributed by atoms with Gasteiger partial charge in [0.2, 0.25) is 5.96 Å². The minimum Gasteiger partial charge on any atom is -0.369 e. The summed E-state index contributed by atoms with van der Waals surface area (Å²) in [6.45, 7) is 0. The van der Waals surface area contributed by atoms with Crippen LogP contribution >= 0.6 is 11.8 Å². The number of nitro benzene ring substituents is 1. The molecule has 0 saturated heterocycles. The summed E-state index contributed by atoms with van der Waals surface area (Å²) in [7, 11) is 0. The van der Waals surface area contributed by atoms with Gasteiger partial charge < -0.3 is 11.5 Å². The number of benzene rings is 2. The predicted octanol–water partition coefficient (Wildman–Crippen LogP) is 2.49. The number of guanidine groups is 1. The van der Waals surface area contributed by atoms with E-state index >= 15 is 0 Å². The Morgan fingerprint density at radius 2 is 1.91 bits per heavy atom. The highest BCUT2D eigenvalue weighted by atomic mass is 32.2. The van der Waals surface area contributed by atoms with Crippen LogP contribution in [0.15, 0.2) is 62.5 Å². The van der Waals surface area contributed by atoms with Crippen LogP contribution in [0, 0.1) is 15.9 Å². The highest BCUT2D eigenvalue weighted by molar-refractivity contribution is 7.99. The summed E-state index contributed by atoms with van der Waals surface area (Å²) in [4.78, 5) is 11.8. The average Bonchev–Trinajstić information content (AvgIpc) is 2.50. The summed E-state index contributed by atoms with van der Waals surface area (Å²) in [6, 6.07) is 10.3. The van der Waals surface area contributed by atoms with Crippen molar-refractivity contribution in [1.29, 1.82) is 0 Å². The topological polar surface area (TPSA) is 120 Å². The zero-order valence-corrected chi connectivity index (χ0v) is 12.5. The van der Waals surface area contributed by atoms with Gasteiger partial charge in [0.05, 0.1) is 16.0 Å². The number of nitro groups is 1. The summed E-state index contributed by atoms with van der Waals surface area (Å²) in [5, 5.41) is 18.3. The van der Waals surface area contributed by atoms with E-state index < -0.39 is 4.92 Å². The van der Waals surface area contributed by atoms with Crippen molar-refractivity contribution in [3.8, 4) is 0 Å². The molecule has 4 N–H and O–H groups in total. The highest BCUT2D eigenvalue weighted by Crippen LogP contribution is 2.35. The first-order valence-corrected chi connectivity index (χ1v) is 7.11. The fraction of sp³-hybridized carbons (Fsp3) is 0. The predicted molar refractivity (Wildman–Crippen MR) is 87.0 cm³/mol. The van der Waals surface area contributed by atoms with Gasteiger partial charge in [-0.3, -0.25) is 10.1 Å². The first-order chi connectivity index (χ1) is 11.0. The van der Waals surface area contributed by atoms with E-state index in [1.54, 1.807) is 24.3 Å². The molecule has 0 fully saturated rings. The third kappa shape index (κ3) is 4.78. The second-order valence-corrected chi connectivity index (χ2v) is 5.43. The lowest BCUT2D eigenvalue weighted by Crippen LogP contribution is -2.21. The number of halogens is 1. The Bertz CT molecular complexity index is 773. The van der Waals surface area contributed by atoms with Crippen LogP contribution in [0.1, 0.15) is 5.56 Å². The van der Waals surface area contributed by atoms with E-state index in [-0.39, 0.29) is 17.5 Å². The molecule has 0 radical (unpaired) electrons. The van der Waals surface area contributed by atoms with Crippen molar-refractivity contribution in [3.63, 3.8) is 0 Å². The maximum Gasteiger partial charge on any atom is 0.283 e. The summed E-state index contributed by atoms with van der Waals surface area (Å²) >= 11 is 1.17. The molecule has 2 aromatic rings. The Labute approximate surface area is 135 Å². The van der Waals surface area contributed by atoms with Crippen molar-refractivity contribution in [2.45, 2.75) is 9.79 Å². The minimum absolute atomic E-state index is 0.0898. The molecule has 0 aliphatic carbocycles. The number of hydrogen-bond acceptors (Lipinski definition) is 5. The fourth-order valence-corrected chi connectivity index (χ4v) is 2.54. The fourth-order valence-electron chi connectivity index (χ4n) is 1.64. The summed E-state index contributed by atoms with van der Waals surface area (Å²) in [5.41, 5.74) is 10.6. The van der Waals surface area contributed by atoms with Gasteiger partial charge in [-0.1, -0.05) is 17.8 Å². The standard InChI is InChI=1S/C14H12FN5O2S/c15-10-2-4-11(5-3-10)23-13-6-1-9(7-12(13)20(21)22)8-18-19-14(16)17/h1-8H,(H4,16,17,19). The van der Waals surface area contributed by atoms with Gasteiger partial charge in [0.15, 0.2) is 0 Å². The molecule has 2 rings (SSSR count). The normalized spacial score (nSPS) is 10.7. The molecule has 0 atom stereocenters. The molecule has 2 aromatic carbocycles. The van der Waals surface area contributed by atoms with Crippen molar-refractivity contribution in [2.75, 3.05) is 0 Å². The molecule has 0 unspecified atom stereocenters. The van der Waals surface area contributed by atoms with E-state index in [4.69, 9.17) is 11.5 Å². The number of hydrogen-bond donors (Lipinski definition) is 2. The van der Waals surface area contributed by atoms with E-state index in [0.29, 0.717) is 15.4 Å². The summed E-state index contributed by atoms with van der Waals surface area (Å²) in [6.07, 6.45) is 1.30. The maximum atomic E-state index is 12.9. The van der Waals surface area contributed by atoms with Gasteiger partial charge in [-0.15, -0.1) is 5.10 Å². The van der Waals surface area contributed by atoms with Gasteiger partial charge in [0.1, 0.15) is 5.82 Å². The van der Waals surface area contributed by atoms with Crippen LogP contribution < -0.4 is 11.5 Å². The summed E-state index contributed by atoms with van der Waals surface area (Å²) in [5.74, 6) is -0.575. The summed E-state index contributed by atoms with van der Waals surface area (Å²) < 4.78 is 12.9. The molecule has 23 heavy (non-hydrogen) atoms. The molecule has 0 spiro atoms. The van der Waals surface area contributed by atoms with Crippen LogP contribution in [0.2, 0.25) is 0 Å². The van der Waals surface area contributed by atoms with Crippen molar-refractivity contribution in [2.24, 2.45) is 21.7 Å². The average molecular weight is 333 g/mol.